The maximum absolute atomic E-state index is 6.22. The molecular weight excluding hydrogens is 302 g/mol. The maximum Gasteiger partial charge on any atom is 0.188 e. The highest BCUT2D eigenvalue weighted by Gasteiger charge is 2.17. The van der Waals surface area contributed by atoms with Crippen LogP contribution in [0.2, 0.25) is 5.02 Å². The molecule has 120 valence electrons. The van der Waals surface area contributed by atoms with Crippen molar-refractivity contribution in [2.45, 2.75) is 25.7 Å². The molecular formula is C16H22ClN3O2. The van der Waals surface area contributed by atoms with Crippen molar-refractivity contribution >= 4 is 17.6 Å². The van der Waals surface area contributed by atoms with Gasteiger partial charge in [-0.2, -0.15) is 0 Å². The van der Waals surface area contributed by atoms with Crippen LogP contribution < -0.4 is 20.5 Å². The second kappa shape index (κ2) is 7.09. The molecule has 0 aromatic heterocycles. The Bertz CT molecular complexity index is 559. The first-order valence-corrected chi connectivity index (χ1v) is 8.22. The first kappa shape index (κ1) is 15.3. The lowest BCUT2D eigenvalue weighted by Gasteiger charge is -2.23. The smallest absolute Gasteiger partial charge is 0.188 e. The number of halogens is 1. The molecule has 0 saturated heterocycles. The molecule has 0 amide bonds. The fourth-order valence-electron chi connectivity index (χ4n) is 2.60. The number of hydrogen-bond acceptors (Lipinski definition) is 3. The molecule has 1 heterocycles. The summed E-state index contributed by atoms with van der Waals surface area (Å²) in [5.41, 5.74) is 6.97. The van der Waals surface area contributed by atoms with Crippen molar-refractivity contribution in [3.05, 3.63) is 22.7 Å². The van der Waals surface area contributed by atoms with Crippen LogP contribution in [0.5, 0.6) is 11.5 Å². The molecule has 5 nitrogen and oxygen atoms in total. The lowest BCUT2D eigenvalue weighted by Crippen LogP contribution is -2.34. The summed E-state index contributed by atoms with van der Waals surface area (Å²) in [7, 11) is 0. The summed E-state index contributed by atoms with van der Waals surface area (Å²) in [5, 5.41) is 3.74. The van der Waals surface area contributed by atoms with Crippen LogP contribution in [-0.4, -0.2) is 32.3 Å². The normalized spacial score (nSPS) is 18.0. The third-order valence-corrected chi connectivity index (χ3v) is 4.40. The summed E-state index contributed by atoms with van der Waals surface area (Å²) in [5.74, 6) is 2.62. The van der Waals surface area contributed by atoms with Gasteiger partial charge in [-0.1, -0.05) is 18.0 Å². The average molecular weight is 324 g/mol. The Kier molecular flexibility index (Phi) is 4.93. The van der Waals surface area contributed by atoms with Crippen molar-refractivity contribution in [3.63, 3.8) is 0 Å². The highest BCUT2D eigenvalue weighted by molar-refractivity contribution is 6.32. The number of ether oxygens (including phenoxy) is 2. The van der Waals surface area contributed by atoms with E-state index in [4.69, 9.17) is 26.8 Å². The van der Waals surface area contributed by atoms with Crippen LogP contribution in [0.3, 0.4) is 0 Å². The van der Waals surface area contributed by atoms with Gasteiger partial charge in [0.15, 0.2) is 17.5 Å². The second-order valence-corrected chi connectivity index (χ2v) is 6.21. The summed E-state index contributed by atoms with van der Waals surface area (Å²) < 4.78 is 11.1. The SMILES string of the molecule is NC(=NCC1CCC1)NCCc1cc(Cl)c2c(c1)OCCO2. The Balaban J connectivity index is 1.49. The van der Waals surface area contributed by atoms with Crippen LogP contribution in [0.25, 0.3) is 0 Å². The van der Waals surface area contributed by atoms with E-state index < -0.39 is 0 Å². The van der Waals surface area contributed by atoms with Crippen LogP contribution in [0.15, 0.2) is 17.1 Å². The Morgan fingerprint density at radius 3 is 2.91 bits per heavy atom. The van der Waals surface area contributed by atoms with Crippen molar-refractivity contribution in [2.24, 2.45) is 16.6 Å². The van der Waals surface area contributed by atoms with E-state index in [1.54, 1.807) is 0 Å². The second-order valence-electron chi connectivity index (χ2n) is 5.80. The minimum Gasteiger partial charge on any atom is -0.486 e. The molecule has 3 N–H and O–H groups in total. The molecule has 3 rings (SSSR count). The lowest BCUT2D eigenvalue weighted by molar-refractivity contribution is 0.171. The molecule has 1 aliphatic heterocycles. The lowest BCUT2D eigenvalue weighted by atomic mass is 9.86. The monoisotopic (exact) mass is 323 g/mol. The van der Waals surface area contributed by atoms with E-state index in [0.29, 0.717) is 29.9 Å². The first-order valence-electron chi connectivity index (χ1n) is 7.84. The molecule has 1 aromatic rings. The molecule has 6 heteroatoms. The van der Waals surface area contributed by atoms with Crippen molar-refractivity contribution in [1.29, 1.82) is 0 Å². The number of rotatable bonds is 5. The van der Waals surface area contributed by atoms with Crippen molar-refractivity contribution in [1.82, 2.24) is 5.32 Å². The van der Waals surface area contributed by atoms with E-state index in [2.05, 4.69) is 10.3 Å². The zero-order chi connectivity index (χ0) is 15.4. The number of fused-ring (bicyclic) bond motifs is 1. The molecule has 22 heavy (non-hydrogen) atoms. The van der Waals surface area contributed by atoms with Gasteiger partial charge in [0, 0.05) is 13.1 Å². The number of guanidine groups is 1. The standard InChI is InChI=1S/C16H22ClN3O2/c17-13-8-12(9-14-15(13)22-7-6-21-14)4-5-19-16(18)20-10-11-2-1-3-11/h8-9,11H,1-7,10H2,(H3,18,19,20). The minimum absolute atomic E-state index is 0.524. The number of aliphatic imine (C=N–C) groups is 1. The zero-order valence-corrected chi connectivity index (χ0v) is 13.4. The maximum atomic E-state index is 6.22. The number of hydrogen-bond donors (Lipinski definition) is 2. The third kappa shape index (κ3) is 3.77. The van der Waals surface area contributed by atoms with Gasteiger partial charge in [0.2, 0.25) is 0 Å². The van der Waals surface area contributed by atoms with Gasteiger partial charge >= 0.3 is 0 Å². The highest BCUT2D eigenvalue weighted by atomic mass is 35.5. The van der Waals surface area contributed by atoms with Crippen molar-refractivity contribution in [3.8, 4) is 11.5 Å². The Hall–Kier alpha value is -1.62. The third-order valence-electron chi connectivity index (χ3n) is 4.12. The zero-order valence-electron chi connectivity index (χ0n) is 12.6. The largest absolute Gasteiger partial charge is 0.486 e. The van der Waals surface area contributed by atoms with E-state index in [9.17, 15) is 0 Å². The van der Waals surface area contributed by atoms with Crippen LogP contribution >= 0.6 is 11.6 Å². The summed E-state index contributed by atoms with van der Waals surface area (Å²) in [6.45, 7) is 2.66. The molecule has 0 bridgehead atoms. The van der Waals surface area contributed by atoms with Gasteiger partial charge in [0.1, 0.15) is 13.2 Å². The van der Waals surface area contributed by atoms with E-state index in [1.165, 1.54) is 19.3 Å². The minimum atomic E-state index is 0.524. The van der Waals surface area contributed by atoms with Gasteiger partial charge in [0.25, 0.3) is 0 Å². The first-order chi connectivity index (χ1) is 10.7. The Morgan fingerprint density at radius 1 is 1.32 bits per heavy atom. The van der Waals surface area contributed by atoms with Gasteiger partial charge < -0.3 is 20.5 Å². The van der Waals surface area contributed by atoms with Crippen LogP contribution in [0.4, 0.5) is 0 Å². The molecule has 1 aromatic carbocycles. The molecule has 1 saturated carbocycles. The summed E-state index contributed by atoms with van der Waals surface area (Å²) in [4.78, 5) is 4.38. The van der Waals surface area contributed by atoms with Gasteiger partial charge in [-0.05, 0) is 42.9 Å². The molecule has 0 unspecified atom stereocenters. The van der Waals surface area contributed by atoms with Crippen molar-refractivity contribution in [2.75, 3.05) is 26.3 Å². The van der Waals surface area contributed by atoms with E-state index in [1.807, 2.05) is 12.1 Å². The Labute approximate surface area is 135 Å². The van der Waals surface area contributed by atoms with Gasteiger partial charge in [0.05, 0.1) is 5.02 Å². The number of nitrogens with two attached hydrogens (primary N) is 1. The van der Waals surface area contributed by atoms with Gasteiger partial charge in [-0.15, -0.1) is 0 Å². The summed E-state index contributed by atoms with van der Waals surface area (Å²) in [6, 6.07) is 3.89. The quantitative estimate of drug-likeness (QED) is 0.644. The number of nitrogens with zero attached hydrogens (tertiary/aromatic N) is 1. The average Bonchev–Trinajstić information content (AvgIpc) is 2.46. The van der Waals surface area contributed by atoms with Crippen LogP contribution in [0.1, 0.15) is 24.8 Å². The molecule has 0 radical (unpaired) electrons. The number of nitrogens with one attached hydrogen (secondary N) is 1. The predicted molar refractivity (Wildman–Crippen MR) is 88.0 cm³/mol. The van der Waals surface area contributed by atoms with E-state index in [0.717, 1.165) is 36.7 Å². The predicted octanol–water partition coefficient (Wildman–Crippen LogP) is 2.36. The summed E-state index contributed by atoms with van der Waals surface area (Å²) in [6.07, 6.45) is 4.70. The van der Waals surface area contributed by atoms with Crippen LogP contribution in [0, 0.1) is 5.92 Å². The van der Waals surface area contributed by atoms with Gasteiger partial charge in [-0.25, -0.2) is 0 Å². The highest BCUT2D eigenvalue weighted by Crippen LogP contribution is 2.38. The topological polar surface area (TPSA) is 68.9 Å². The Morgan fingerprint density at radius 2 is 2.14 bits per heavy atom. The summed E-state index contributed by atoms with van der Waals surface area (Å²) >= 11 is 6.22. The molecule has 1 aliphatic carbocycles. The van der Waals surface area contributed by atoms with Gasteiger partial charge in [-0.3, -0.25) is 4.99 Å². The van der Waals surface area contributed by atoms with Crippen molar-refractivity contribution < 1.29 is 9.47 Å². The molecule has 1 fully saturated rings. The fourth-order valence-corrected chi connectivity index (χ4v) is 2.89. The molecule has 0 atom stereocenters. The van der Waals surface area contributed by atoms with Crippen LogP contribution in [-0.2, 0) is 6.42 Å². The number of benzene rings is 1. The molecule has 0 spiro atoms. The fraction of sp³-hybridized carbons (Fsp3) is 0.562. The van der Waals surface area contributed by atoms with E-state index >= 15 is 0 Å². The molecule has 2 aliphatic rings. The van der Waals surface area contributed by atoms with E-state index in [-0.39, 0.29) is 0 Å².